The Morgan fingerprint density at radius 3 is 2.07 bits per heavy atom. The lowest BCUT2D eigenvalue weighted by Crippen LogP contribution is -1.99. The van der Waals surface area contributed by atoms with Gasteiger partial charge in [-0.15, -0.1) is 0 Å². The molecule has 0 atom stereocenters. The second kappa shape index (κ2) is 5.16. The number of nitrogens with two attached hydrogens (primary N) is 1. The topological polar surface area (TPSA) is 26.0 Å². The highest BCUT2D eigenvalue weighted by Crippen LogP contribution is 2.16. The van der Waals surface area contributed by atoms with Crippen LogP contribution in [0.2, 0.25) is 0 Å². The molecule has 1 heteroatoms. The monoisotopic (exact) mass is 191 g/mol. The molecule has 0 radical (unpaired) electrons. The van der Waals surface area contributed by atoms with Crippen LogP contribution in [0.15, 0.2) is 12.1 Å². The van der Waals surface area contributed by atoms with E-state index in [2.05, 4.69) is 32.9 Å². The highest BCUT2D eigenvalue weighted by atomic mass is 14.5. The van der Waals surface area contributed by atoms with Crippen LogP contribution >= 0.6 is 0 Å². The van der Waals surface area contributed by atoms with E-state index in [0.717, 1.165) is 13.0 Å². The van der Waals surface area contributed by atoms with Crippen molar-refractivity contribution in [2.45, 2.75) is 40.0 Å². The predicted molar refractivity (Wildman–Crippen MR) is 62.6 cm³/mol. The SMILES string of the molecule is Cc1cc(CCCCN)cc(C)c1C. The number of benzene rings is 1. The number of rotatable bonds is 4. The van der Waals surface area contributed by atoms with Crippen LogP contribution in [-0.2, 0) is 6.42 Å². The normalized spacial score (nSPS) is 10.6. The van der Waals surface area contributed by atoms with Crippen molar-refractivity contribution >= 4 is 0 Å². The summed E-state index contributed by atoms with van der Waals surface area (Å²) < 4.78 is 0. The highest BCUT2D eigenvalue weighted by Gasteiger charge is 2.00. The molecule has 2 N–H and O–H groups in total. The second-order valence-corrected chi connectivity index (χ2v) is 4.10. The fourth-order valence-corrected chi connectivity index (χ4v) is 1.74. The molecule has 0 aromatic heterocycles. The Hall–Kier alpha value is -0.820. The third-order valence-electron chi connectivity index (χ3n) is 2.91. The van der Waals surface area contributed by atoms with Crippen LogP contribution in [-0.4, -0.2) is 6.54 Å². The Balaban J connectivity index is 2.69. The first kappa shape index (κ1) is 11.3. The Kier molecular flexibility index (Phi) is 4.15. The van der Waals surface area contributed by atoms with Gasteiger partial charge in [-0.2, -0.15) is 0 Å². The van der Waals surface area contributed by atoms with Crippen LogP contribution in [0.25, 0.3) is 0 Å². The molecule has 78 valence electrons. The van der Waals surface area contributed by atoms with E-state index >= 15 is 0 Å². The van der Waals surface area contributed by atoms with E-state index in [-0.39, 0.29) is 0 Å². The van der Waals surface area contributed by atoms with Gasteiger partial charge >= 0.3 is 0 Å². The third kappa shape index (κ3) is 2.85. The summed E-state index contributed by atoms with van der Waals surface area (Å²) in [5.41, 5.74) is 11.2. The lowest BCUT2D eigenvalue weighted by molar-refractivity contribution is 0.744. The Labute approximate surface area is 87.3 Å². The standard InChI is InChI=1S/C13H21N/c1-10-8-13(6-4-5-7-14)9-11(2)12(10)3/h8-9H,4-7,14H2,1-3H3. The minimum Gasteiger partial charge on any atom is -0.330 e. The first-order valence-electron chi connectivity index (χ1n) is 5.42. The maximum absolute atomic E-state index is 5.48. The molecule has 0 bridgehead atoms. The number of hydrogen-bond acceptors (Lipinski definition) is 1. The van der Waals surface area contributed by atoms with Gasteiger partial charge in [0.1, 0.15) is 0 Å². The summed E-state index contributed by atoms with van der Waals surface area (Å²) in [6, 6.07) is 4.61. The van der Waals surface area contributed by atoms with Gasteiger partial charge in [0.2, 0.25) is 0 Å². The lowest BCUT2D eigenvalue weighted by atomic mass is 9.98. The Morgan fingerprint density at radius 2 is 1.57 bits per heavy atom. The average Bonchev–Trinajstić information content (AvgIpc) is 2.14. The summed E-state index contributed by atoms with van der Waals surface area (Å²) in [4.78, 5) is 0. The van der Waals surface area contributed by atoms with E-state index in [4.69, 9.17) is 5.73 Å². The molecule has 0 saturated carbocycles. The van der Waals surface area contributed by atoms with E-state index in [1.54, 1.807) is 0 Å². The fraction of sp³-hybridized carbons (Fsp3) is 0.538. The molecule has 1 nitrogen and oxygen atoms in total. The second-order valence-electron chi connectivity index (χ2n) is 4.10. The number of aryl methyl sites for hydroxylation is 3. The zero-order chi connectivity index (χ0) is 10.6. The van der Waals surface area contributed by atoms with Crippen LogP contribution in [0.4, 0.5) is 0 Å². The Bertz CT molecular complexity index is 279. The summed E-state index contributed by atoms with van der Waals surface area (Å²) in [6.07, 6.45) is 3.50. The van der Waals surface area contributed by atoms with Crippen molar-refractivity contribution in [1.29, 1.82) is 0 Å². The van der Waals surface area contributed by atoms with Crippen molar-refractivity contribution in [3.63, 3.8) is 0 Å². The number of hydrogen-bond donors (Lipinski definition) is 1. The maximum atomic E-state index is 5.48. The van der Waals surface area contributed by atoms with Gasteiger partial charge in [0.05, 0.1) is 0 Å². The predicted octanol–water partition coefficient (Wildman–Crippen LogP) is 2.89. The molecule has 0 fully saturated rings. The fourth-order valence-electron chi connectivity index (χ4n) is 1.74. The minimum absolute atomic E-state index is 0.809. The van der Waals surface area contributed by atoms with Gasteiger partial charge < -0.3 is 5.73 Å². The quantitative estimate of drug-likeness (QED) is 0.728. The zero-order valence-electron chi connectivity index (χ0n) is 9.56. The maximum Gasteiger partial charge on any atom is -0.00772 e. The van der Waals surface area contributed by atoms with Gasteiger partial charge in [-0.25, -0.2) is 0 Å². The van der Waals surface area contributed by atoms with Gasteiger partial charge in [0, 0.05) is 0 Å². The first-order valence-corrected chi connectivity index (χ1v) is 5.42. The molecule has 0 amide bonds. The summed E-state index contributed by atoms with van der Waals surface area (Å²) in [7, 11) is 0. The molecule has 1 aromatic carbocycles. The highest BCUT2D eigenvalue weighted by molar-refractivity contribution is 5.36. The summed E-state index contributed by atoms with van der Waals surface area (Å²) in [6.45, 7) is 7.38. The van der Waals surface area contributed by atoms with Gasteiger partial charge in [-0.3, -0.25) is 0 Å². The molecule has 1 rings (SSSR count). The van der Waals surface area contributed by atoms with Crippen molar-refractivity contribution < 1.29 is 0 Å². The van der Waals surface area contributed by atoms with Crippen molar-refractivity contribution in [1.82, 2.24) is 0 Å². The van der Waals surface area contributed by atoms with E-state index in [9.17, 15) is 0 Å². The smallest absolute Gasteiger partial charge is 0.00772 e. The Morgan fingerprint density at radius 1 is 1.00 bits per heavy atom. The van der Waals surface area contributed by atoms with Gasteiger partial charge in [0.15, 0.2) is 0 Å². The molecule has 0 unspecified atom stereocenters. The summed E-state index contributed by atoms with van der Waals surface area (Å²) in [5, 5.41) is 0. The summed E-state index contributed by atoms with van der Waals surface area (Å²) in [5.74, 6) is 0. The molecule has 0 spiro atoms. The van der Waals surface area contributed by atoms with Crippen molar-refractivity contribution in [3.05, 3.63) is 34.4 Å². The van der Waals surface area contributed by atoms with E-state index in [1.807, 2.05) is 0 Å². The van der Waals surface area contributed by atoms with Crippen molar-refractivity contribution in [3.8, 4) is 0 Å². The third-order valence-corrected chi connectivity index (χ3v) is 2.91. The van der Waals surface area contributed by atoms with Gasteiger partial charge in [-0.05, 0) is 68.8 Å². The molecule has 0 heterocycles. The molecular weight excluding hydrogens is 170 g/mol. The van der Waals surface area contributed by atoms with E-state index < -0.39 is 0 Å². The number of unbranched alkanes of at least 4 members (excludes halogenated alkanes) is 1. The molecular formula is C13H21N. The van der Waals surface area contributed by atoms with E-state index in [0.29, 0.717) is 0 Å². The minimum atomic E-state index is 0.809. The van der Waals surface area contributed by atoms with Gasteiger partial charge in [0.25, 0.3) is 0 Å². The van der Waals surface area contributed by atoms with Crippen LogP contribution in [0.3, 0.4) is 0 Å². The molecule has 0 aliphatic carbocycles. The average molecular weight is 191 g/mol. The van der Waals surface area contributed by atoms with E-state index in [1.165, 1.54) is 35.1 Å². The molecule has 0 aliphatic rings. The van der Waals surface area contributed by atoms with Gasteiger partial charge in [-0.1, -0.05) is 12.1 Å². The molecule has 1 aromatic rings. The largest absolute Gasteiger partial charge is 0.330 e. The van der Waals surface area contributed by atoms with Crippen molar-refractivity contribution in [2.75, 3.05) is 6.54 Å². The lowest BCUT2D eigenvalue weighted by Gasteiger charge is -2.08. The first-order chi connectivity index (χ1) is 6.65. The van der Waals surface area contributed by atoms with Crippen LogP contribution in [0, 0.1) is 20.8 Å². The molecule has 0 aliphatic heterocycles. The van der Waals surface area contributed by atoms with Crippen molar-refractivity contribution in [2.24, 2.45) is 5.73 Å². The van der Waals surface area contributed by atoms with Crippen LogP contribution in [0.1, 0.15) is 35.1 Å². The van der Waals surface area contributed by atoms with Crippen LogP contribution in [0.5, 0.6) is 0 Å². The molecule has 14 heavy (non-hydrogen) atoms. The zero-order valence-corrected chi connectivity index (χ0v) is 9.56. The summed E-state index contributed by atoms with van der Waals surface area (Å²) >= 11 is 0. The molecule has 0 saturated heterocycles. The van der Waals surface area contributed by atoms with Crippen LogP contribution < -0.4 is 5.73 Å².